The lowest BCUT2D eigenvalue weighted by molar-refractivity contribution is 0.475. The van der Waals surface area contributed by atoms with Crippen LogP contribution >= 0.6 is 0 Å². The quantitative estimate of drug-likeness (QED) is 0.207. The lowest BCUT2D eigenvalue weighted by Gasteiger charge is -2.10. The molecule has 7 heteroatoms. The summed E-state index contributed by atoms with van der Waals surface area (Å²) in [7, 11) is 4.18. The molecular weight excluding hydrogens is 584 g/mol. The van der Waals surface area contributed by atoms with Gasteiger partial charge in [-0.3, -0.25) is 9.98 Å². The van der Waals surface area contributed by atoms with Crippen LogP contribution in [-0.4, -0.2) is 36.2 Å². The summed E-state index contributed by atoms with van der Waals surface area (Å²) in [5, 5.41) is 21.9. The standard InChI is InChI=1S/2C20H20N2O.H2O/c2*1-13(14-6-4-3-5-7-14)21-18-10-9-16-17-12-15(23)8-11-19(17)22(2)20(16)18;/h2*3-8,11-13,23H,9-10H2,1-2H3;1H2/b2*21-18-;. The summed E-state index contributed by atoms with van der Waals surface area (Å²) in [6.07, 6.45) is 3.94. The topological polar surface area (TPSA) is 107 Å². The third-order valence-corrected chi connectivity index (χ3v) is 9.61. The van der Waals surface area contributed by atoms with Gasteiger partial charge in [0.15, 0.2) is 0 Å². The molecule has 2 unspecified atom stereocenters. The number of phenolic OH excluding ortho intramolecular Hbond substituents is 2. The van der Waals surface area contributed by atoms with Gasteiger partial charge in [0, 0.05) is 35.9 Å². The highest BCUT2D eigenvalue weighted by Gasteiger charge is 2.27. The lowest BCUT2D eigenvalue weighted by atomic mass is 10.1. The van der Waals surface area contributed by atoms with Crippen molar-refractivity contribution in [2.45, 2.75) is 51.6 Å². The zero-order valence-electron chi connectivity index (χ0n) is 27.4. The summed E-state index contributed by atoms with van der Waals surface area (Å²) in [6, 6.07) is 32.4. The maximum absolute atomic E-state index is 9.79. The van der Waals surface area contributed by atoms with E-state index in [0.29, 0.717) is 11.5 Å². The van der Waals surface area contributed by atoms with Crippen molar-refractivity contribution in [1.82, 2.24) is 9.13 Å². The summed E-state index contributed by atoms with van der Waals surface area (Å²) in [6.45, 7) is 4.30. The van der Waals surface area contributed by atoms with E-state index in [1.807, 2.05) is 36.4 Å². The molecule has 240 valence electrons. The van der Waals surface area contributed by atoms with Crippen molar-refractivity contribution in [3.8, 4) is 11.5 Å². The molecule has 8 rings (SSSR count). The number of phenols is 2. The van der Waals surface area contributed by atoms with E-state index in [0.717, 1.165) is 47.5 Å². The van der Waals surface area contributed by atoms with E-state index in [9.17, 15) is 10.2 Å². The van der Waals surface area contributed by atoms with Crippen molar-refractivity contribution < 1.29 is 15.7 Å². The molecule has 7 nitrogen and oxygen atoms in total. The van der Waals surface area contributed by atoms with E-state index in [4.69, 9.17) is 9.98 Å². The zero-order chi connectivity index (χ0) is 31.9. The molecule has 0 saturated carbocycles. The van der Waals surface area contributed by atoms with Gasteiger partial charge >= 0.3 is 0 Å². The van der Waals surface area contributed by atoms with Crippen LogP contribution in [0.5, 0.6) is 11.5 Å². The third kappa shape index (κ3) is 5.83. The molecule has 0 fully saturated rings. The van der Waals surface area contributed by atoms with Gasteiger partial charge in [0.1, 0.15) is 11.5 Å². The molecule has 0 bridgehead atoms. The number of fused-ring (bicyclic) bond motifs is 6. The largest absolute Gasteiger partial charge is 0.508 e. The van der Waals surface area contributed by atoms with E-state index >= 15 is 0 Å². The number of aliphatic imine (C=N–C) groups is 2. The molecule has 2 heterocycles. The summed E-state index contributed by atoms with van der Waals surface area (Å²) in [4.78, 5) is 10.00. The maximum Gasteiger partial charge on any atom is 0.116 e. The van der Waals surface area contributed by atoms with Crippen molar-refractivity contribution in [3.05, 3.63) is 131 Å². The number of aryl methyl sites for hydroxylation is 4. The van der Waals surface area contributed by atoms with Gasteiger partial charge < -0.3 is 24.8 Å². The SMILES string of the molecule is CC(/N=C1/CCc2c1n(C)c1ccc(O)cc21)c1ccccc1.CC(/N=C1/CCc2c1n(C)c1ccc(O)cc21)c1ccccc1.O. The molecule has 47 heavy (non-hydrogen) atoms. The Hall–Kier alpha value is -5.14. The average molecular weight is 627 g/mol. The number of hydrogen-bond acceptors (Lipinski definition) is 4. The van der Waals surface area contributed by atoms with Crippen molar-refractivity contribution >= 4 is 33.2 Å². The smallest absolute Gasteiger partial charge is 0.116 e. The first kappa shape index (κ1) is 31.8. The summed E-state index contributed by atoms with van der Waals surface area (Å²) in [5.41, 5.74) is 12.2. The Morgan fingerprint density at radius 3 is 1.32 bits per heavy atom. The fourth-order valence-corrected chi connectivity index (χ4v) is 7.31. The van der Waals surface area contributed by atoms with Crippen molar-refractivity contribution in [1.29, 1.82) is 0 Å². The fraction of sp³-hybridized carbons (Fsp3) is 0.250. The predicted molar refractivity (Wildman–Crippen MR) is 192 cm³/mol. The first-order valence-corrected chi connectivity index (χ1v) is 16.1. The molecule has 0 saturated heterocycles. The monoisotopic (exact) mass is 626 g/mol. The van der Waals surface area contributed by atoms with Crippen LogP contribution in [0.1, 0.15) is 72.4 Å². The second kappa shape index (κ2) is 12.9. The van der Waals surface area contributed by atoms with Crippen molar-refractivity contribution in [2.75, 3.05) is 0 Å². The molecule has 0 amide bonds. The Kier molecular flexibility index (Phi) is 8.76. The van der Waals surface area contributed by atoms with E-state index in [1.165, 1.54) is 45.1 Å². The van der Waals surface area contributed by atoms with Gasteiger partial charge in [-0.2, -0.15) is 0 Å². The van der Waals surface area contributed by atoms with Crippen LogP contribution < -0.4 is 0 Å². The molecular formula is C40H42N4O3. The zero-order valence-corrected chi connectivity index (χ0v) is 27.4. The second-order valence-corrected chi connectivity index (χ2v) is 12.5. The van der Waals surface area contributed by atoms with Gasteiger partial charge in [0.25, 0.3) is 0 Å². The predicted octanol–water partition coefficient (Wildman–Crippen LogP) is 7.94. The van der Waals surface area contributed by atoms with Crippen LogP contribution in [0.15, 0.2) is 107 Å². The Labute approximate surface area is 275 Å². The number of aromatic hydroxyl groups is 2. The van der Waals surface area contributed by atoms with Gasteiger partial charge in [0.05, 0.1) is 34.9 Å². The Morgan fingerprint density at radius 1 is 0.553 bits per heavy atom. The Morgan fingerprint density at radius 2 is 0.936 bits per heavy atom. The summed E-state index contributed by atoms with van der Waals surface area (Å²) in [5.74, 6) is 0.655. The normalized spacial score (nSPS) is 16.5. The number of benzene rings is 4. The van der Waals surface area contributed by atoms with E-state index in [1.54, 1.807) is 12.1 Å². The number of aromatic nitrogens is 2. The Bertz CT molecular complexity index is 1970. The molecule has 4 N–H and O–H groups in total. The molecule has 0 radical (unpaired) electrons. The highest BCUT2D eigenvalue weighted by molar-refractivity contribution is 6.10. The van der Waals surface area contributed by atoms with Gasteiger partial charge in [-0.25, -0.2) is 0 Å². The molecule has 2 aromatic heterocycles. The van der Waals surface area contributed by atoms with E-state index < -0.39 is 0 Å². The van der Waals surface area contributed by atoms with Crippen LogP contribution in [0.25, 0.3) is 21.8 Å². The molecule has 2 aliphatic carbocycles. The van der Waals surface area contributed by atoms with Crippen LogP contribution in [-0.2, 0) is 26.9 Å². The van der Waals surface area contributed by atoms with Gasteiger partial charge in [-0.1, -0.05) is 60.7 Å². The van der Waals surface area contributed by atoms with E-state index in [-0.39, 0.29) is 17.6 Å². The molecule has 6 aromatic rings. The molecule has 0 spiro atoms. The molecule has 2 atom stereocenters. The minimum atomic E-state index is 0. The second-order valence-electron chi connectivity index (χ2n) is 12.5. The van der Waals surface area contributed by atoms with Crippen molar-refractivity contribution in [2.24, 2.45) is 24.1 Å². The summed E-state index contributed by atoms with van der Waals surface area (Å²) >= 11 is 0. The fourth-order valence-electron chi connectivity index (χ4n) is 7.31. The van der Waals surface area contributed by atoms with Gasteiger partial charge in [-0.15, -0.1) is 0 Å². The van der Waals surface area contributed by atoms with Crippen LogP contribution in [0.3, 0.4) is 0 Å². The van der Waals surface area contributed by atoms with Gasteiger partial charge in [0.2, 0.25) is 0 Å². The molecule has 0 aliphatic heterocycles. The highest BCUT2D eigenvalue weighted by atomic mass is 16.3. The Balaban J connectivity index is 0.000000161. The van der Waals surface area contributed by atoms with E-state index in [2.05, 4.69) is 85.6 Å². The highest BCUT2D eigenvalue weighted by Crippen LogP contribution is 2.37. The first-order valence-electron chi connectivity index (χ1n) is 16.1. The third-order valence-electron chi connectivity index (χ3n) is 9.61. The minimum Gasteiger partial charge on any atom is -0.508 e. The van der Waals surface area contributed by atoms with Crippen LogP contribution in [0.4, 0.5) is 0 Å². The number of rotatable bonds is 4. The van der Waals surface area contributed by atoms with Crippen LogP contribution in [0, 0.1) is 0 Å². The number of nitrogens with zero attached hydrogens (tertiary/aromatic N) is 4. The van der Waals surface area contributed by atoms with Crippen molar-refractivity contribution in [3.63, 3.8) is 0 Å². The first-order chi connectivity index (χ1) is 22.3. The maximum atomic E-state index is 9.79. The molecule has 2 aliphatic rings. The van der Waals surface area contributed by atoms with Crippen LogP contribution in [0.2, 0.25) is 0 Å². The minimum absolute atomic E-state index is 0. The molecule has 4 aromatic carbocycles. The number of hydrogen-bond donors (Lipinski definition) is 2. The lowest BCUT2D eigenvalue weighted by Crippen LogP contribution is -2.05. The average Bonchev–Trinajstić information content (AvgIpc) is 3.81. The van der Waals surface area contributed by atoms with Gasteiger partial charge in [-0.05, 0) is 98.2 Å². The summed E-state index contributed by atoms with van der Waals surface area (Å²) < 4.78 is 4.43.